The van der Waals surface area contributed by atoms with Gasteiger partial charge in [0.2, 0.25) is 5.79 Å². The fraction of sp³-hybridized carbons (Fsp3) is 0.700. The maximum atomic E-state index is 10.9. The van der Waals surface area contributed by atoms with E-state index >= 15 is 0 Å². The summed E-state index contributed by atoms with van der Waals surface area (Å²) in [4.78, 5) is 10.9. The Morgan fingerprint density at radius 3 is 2.23 bits per heavy atom. The van der Waals surface area contributed by atoms with Crippen molar-refractivity contribution in [2.45, 2.75) is 46.8 Å². The minimum Gasteiger partial charge on any atom is -0.457 e. The van der Waals surface area contributed by atoms with Crippen molar-refractivity contribution >= 4 is 5.97 Å². The standard InChI is InChI=1S/C8H12O3.C2H6/c1-4-6-5-7(9)11-8(2,3)10-6;1-2/h5H,4H2,1-3H3;1-2H3. The maximum absolute atomic E-state index is 10.9. The first-order chi connectivity index (χ1) is 6.03. The number of allylic oxidation sites excluding steroid dienone is 1. The van der Waals surface area contributed by atoms with Crippen LogP contribution in [0.1, 0.15) is 41.0 Å². The second-order valence-electron chi connectivity index (χ2n) is 2.89. The predicted molar refractivity (Wildman–Crippen MR) is 51.0 cm³/mol. The highest BCUT2D eigenvalue weighted by atomic mass is 16.7. The molecule has 0 saturated heterocycles. The number of carbonyl (C=O) groups is 1. The number of rotatable bonds is 1. The Morgan fingerprint density at radius 1 is 1.31 bits per heavy atom. The van der Waals surface area contributed by atoms with Gasteiger partial charge in [0, 0.05) is 20.3 Å². The smallest absolute Gasteiger partial charge is 0.337 e. The van der Waals surface area contributed by atoms with Gasteiger partial charge >= 0.3 is 5.97 Å². The van der Waals surface area contributed by atoms with Gasteiger partial charge in [0.25, 0.3) is 0 Å². The van der Waals surface area contributed by atoms with Crippen molar-refractivity contribution in [2.75, 3.05) is 0 Å². The van der Waals surface area contributed by atoms with Crippen molar-refractivity contribution in [1.82, 2.24) is 0 Å². The van der Waals surface area contributed by atoms with Crippen LogP contribution in [-0.4, -0.2) is 11.8 Å². The fourth-order valence-electron chi connectivity index (χ4n) is 0.943. The van der Waals surface area contributed by atoms with Crippen LogP contribution < -0.4 is 0 Å². The molecule has 0 aliphatic carbocycles. The zero-order valence-corrected chi connectivity index (χ0v) is 9.01. The second kappa shape index (κ2) is 4.90. The van der Waals surface area contributed by atoms with Crippen molar-refractivity contribution in [3.8, 4) is 0 Å². The van der Waals surface area contributed by atoms with Gasteiger partial charge in [-0.15, -0.1) is 0 Å². The summed E-state index contributed by atoms with van der Waals surface area (Å²) in [6.45, 7) is 9.36. The van der Waals surface area contributed by atoms with Gasteiger partial charge in [-0.25, -0.2) is 4.79 Å². The van der Waals surface area contributed by atoms with Crippen molar-refractivity contribution in [1.29, 1.82) is 0 Å². The SMILES string of the molecule is CC.CCC1=CC(=O)OC(C)(C)O1. The third kappa shape index (κ3) is 3.97. The van der Waals surface area contributed by atoms with Crippen molar-refractivity contribution in [3.63, 3.8) is 0 Å². The molecule has 1 heterocycles. The Labute approximate surface area is 79.7 Å². The van der Waals surface area contributed by atoms with E-state index < -0.39 is 5.79 Å². The summed E-state index contributed by atoms with van der Waals surface area (Å²) in [5.74, 6) is -0.429. The Bertz CT molecular complexity index is 204. The summed E-state index contributed by atoms with van der Waals surface area (Å²) in [7, 11) is 0. The van der Waals surface area contributed by atoms with Crippen LogP contribution in [0.3, 0.4) is 0 Å². The molecule has 0 fully saturated rings. The first-order valence-electron chi connectivity index (χ1n) is 4.66. The van der Waals surface area contributed by atoms with Crippen LogP contribution in [0.2, 0.25) is 0 Å². The average molecular weight is 186 g/mol. The van der Waals surface area contributed by atoms with Crippen molar-refractivity contribution in [3.05, 3.63) is 11.8 Å². The number of hydrogen-bond acceptors (Lipinski definition) is 3. The van der Waals surface area contributed by atoms with Crippen molar-refractivity contribution in [2.24, 2.45) is 0 Å². The second-order valence-corrected chi connectivity index (χ2v) is 2.89. The third-order valence-electron chi connectivity index (χ3n) is 1.35. The van der Waals surface area contributed by atoms with Crippen LogP contribution in [0, 0.1) is 0 Å². The molecule has 0 aromatic heterocycles. The number of hydrogen-bond donors (Lipinski definition) is 0. The molecule has 76 valence electrons. The van der Waals surface area contributed by atoms with Gasteiger partial charge in [0.1, 0.15) is 5.76 Å². The van der Waals surface area contributed by atoms with E-state index in [4.69, 9.17) is 9.47 Å². The Hall–Kier alpha value is -0.990. The molecule has 3 nitrogen and oxygen atoms in total. The average Bonchev–Trinajstić information content (AvgIpc) is 2.04. The lowest BCUT2D eigenvalue weighted by molar-refractivity contribution is -0.205. The van der Waals surface area contributed by atoms with Gasteiger partial charge in [-0.1, -0.05) is 20.8 Å². The molecule has 0 saturated carbocycles. The van der Waals surface area contributed by atoms with Gasteiger partial charge < -0.3 is 9.47 Å². The van der Waals surface area contributed by atoms with E-state index in [-0.39, 0.29) is 5.97 Å². The van der Waals surface area contributed by atoms with E-state index in [1.807, 2.05) is 20.8 Å². The van der Waals surface area contributed by atoms with Crippen LogP contribution in [0.4, 0.5) is 0 Å². The first-order valence-corrected chi connectivity index (χ1v) is 4.66. The number of cyclic esters (lactones) is 1. The minimum absolute atomic E-state index is 0.321. The van der Waals surface area contributed by atoms with Crippen molar-refractivity contribution < 1.29 is 14.3 Å². The highest BCUT2D eigenvalue weighted by molar-refractivity contribution is 5.83. The highest BCUT2D eigenvalue weighted by Crippen LogP contribution is 2.23. The number of carbonyl (C=O) groups excluding carboxylic acids is 1. The summed E-state index contributed by atoms with van der Waals surface area (Å²) in [5, 5.41) is 0. The van der Waals surface area contributed by atoms with E-state index in [0.29, 0.717) is 5.76 Å². The zero-order valence-electron chi connectivity index (χ0n) is 9.01. The first kappa shape index (κ1) is 12.0. The summed E-state index contributed by atoms with van der Waals surface area (Å²) < 4.78 is 10.2. The summed E-state index contributed by atoms with van der Waals surface area (Å²) in [6.07, 6.45) is 2.10. The lowest BCUT2D eigenvalue weighted by Crippen LogP contribution is -2.34. The third-order valence-corrected chi connectivity index (χ3v) is 1.35. The van der Waals surface area contributed by atoms with Crippen LogP contribution in [0.15, 0.2) is 11.8 Å². The van der Waals surface area contributed by atoms with Gasteiger partial charge in [0.15, 0.2) is 0 Å². The molecule has 0 aromatic carbocycles. The fourth-order valence-corrected chi connectivity index (χ4v) is 0.943. The van der Waals surface area contributed by atoms with Crippen LogP contribution in [0.25, 0.3) is 0 Å². The molecule has 0 amide bonds. The van der Waals surface area contributed by atoms with Crippen LogP contribution in [-0.2, 0) is 14.3 Å². The lowest BCUT2D eigenvalue weighted by Gasteiger charge is -2.30. The number of ether oxygens (including phenoxy) is 2. The highest BCUT2D eigenvalue weighted by Gasteiger charge is 2.28. The molecule has 0 radical (unpaired) electrons. The lowest BCUT2D eigenvalue weighted by atomic mass is 10.3. The summed E-state index contributed by atoms with van der Waals surface area (Å²) >= 11 is 0. The van der Waals surface area contributed by atoms with E-state index in [9.17, 15) is 4.79 Å². The van der Waals surface area contributed by atoms with Crippen LogP contribution in [0.5, 0.6) is 0 Å². The Balaban J connectivity index is 0.000000671. The van der Waals surface area contributed by atoms with Gasteiger partial charge in [-0.2, -0.15) is 0 Å². The molecule has 0 spiro atoms. The van der Waals surface area contributed by atoms with E-state index in [0.717, 1.165) is 6.42 Å². The largest absolute Gasteiger partial charge is 0.457 e. The van der Waals surface area contributed by atoms with E-state index in [1.165, 1.54) is 6.08 Å². The summed E-state index contributed by atoms with van der Waals surface area (Å²) in [6, 6.07) is 0. The molecule has 0 N–H and O–H groups in total. The molecular weight excluding hydrogens is 168 g/mol. The normalized spacial score (nSPS) is 18.8. The van der Waals surface area contributed by atoms with Crippen LogP contribution >= 0.6 is 0 Å². The molecule has 0 aromatic rings. The van der Waals surface area contributed by atoms with E-state index in [1.54, 1.807) is 13.8 Å². The monoisotopic (exact) mass is 186 g/mol. The molecule has 0 bridgehead atoms. The molecule has 13 heavy (non-hydrogen) atoms. The topological polar surface area (TPSA) is 35.5 Å². The number of esters is 1. The molecule has 0 atom stereocenters. The molecule has 1 aliphatic rings. The summed E-state index contributed by atoms with van der Waals surface area (Å²) in [5.41, 5.74) is 0. The predicted octanol–water partition coefficient (Wildman–Crippen LogP) is 2.62. The molecule has 1 aliphatic heterocycles. The molecule has 3 heteroatoms. The van der Waals surface area contributed by atoms with Gasteiger partial charge in [0.05, 0.1) is 6.08 Å². The molecule has 1 rings (SSSR count). The molecular formula is C10H18O3. The Morgan fingerprint density at radius 2 is 1.85 bits per heavy atom. The Kier molecular flexibility index (Phi) is 4.52. The molecule has 0 unspecified atom stereocenters. The zero-order chi connectivity index (χ0) is 10.5. The maximum Gasteiger partial charge on any atom is 0.337 e. The minimum atomic E-state index is -0.794. The van der Waals surface area contributed by atoms with Gasteiger partial charge in [-0.3, -0.25) is 0 Å². The quantitative estimate of drug-likeness (QED) is 0.590. The van der Waals surface area contributed by atoms with E-state index in [2.05, 4.69) is 0 Å². The van der Waals surface area contributed by atoms with Gasteiger partial charge in [-0.05, 0) is 0 Å².